The van der Waals surface area contributed by atoms with Gasteiger partial charge < -0.3 is 10.1 Å². The number of nitrogens with one attached hydrogen (secondary N) is 1. The molecule has 3 aromatic rings. The first-order valence-corrected chi connectivity index (χ1v) is 8.19. The molecule has 0 aliphatic rings. The van der Waals surface area contributed by atoms with Crippen molar-refractivity contribution in [1.29, 1.82) is 0 Å². The predicted octanol–water partition coefficient (Wildman–Crippen LogP) is 3.21. The molecule has 132 valence electrons. The van der Waals surface area contributed by atoms with E-state index < -0.39 is 0 Å². The summed E-state index contributed by atoms with van der Waals surface area (Å²) in [7, 11) is 1.59. The molecule has 1 N–H and O–H groups in total. The Hall–Kier alpha value is -3.12. The lowest BCUT2D eigenvalue weighted by molar-refractivity contribution is -0.116. The van der Waals surface area contributed by atoms with Crippen LogP contribution in [0.1, 0.15) is 0 Å². The standard InChI is InChI=1S/C19H16ClN3O3/c1-26-16-8-2-13(3-9-16)17-10-19(25)23(12-21-17)11-18(24)22-15-6-4-14(20)5-7-15/h2-10,12H,11H2,1H3,(H,22,24). The third kappa shape index (κ3) is 4.29. The molecule has 0 fully saturated rings. The van der Waals surface area contributed by atoms with Crippen molar-refractivity contribution in [3.8, 4) is 17.0 Å². The lowest BCUT2D eigenvalue weighted by Crippen LogP contribution is -2.27. The first-order valence-electron chi connectivity index (χ1n) is 7.81. The van der Waals surface area contributed by atoms with Crippen LogP contribution in [0, 0.1) is 0 Å². The van der Waals surface area contributed by atoms with Crippen LogP contribution >= 0.6 is 11.6 Å². The summed E-state index contributed by atoms with van der Waals surface area (Å²) in [6, 6.07) is 15.4. The van der Waals surface area contributed by atoms with Gasteiger partial charge in [-0.25, -0.2) is 4.98 Å². The minimum atomic E-state index is -0.326. The lowest BCUT2D eigenvalue weighted by Gasteiger charge is -2.08. The Labute approximate surface area is 155 Å². The summed E-state index contributed by atoms with van der Waals surface area (Å²) in [6.45, 7) is -0.128. The Morgan fingerprint density at radius 1 is 1.15 bits per heavy atom. The summed E-state index contributed by atoms with van der Waals surface area (Å²) < 4.78 is 6.36. The van der Waals surface area contributed by atoms with Crippen LogP contribution < -0.4 is 15.6 Å². The van der Waals surface area contributed by atoms with E-state index in [1.165, 1.54) is 17.0 Å². The van der Waals surface area contributed by atoms with Crippen molar-refractivity contribution in [2.75, 3.05) is 12.4 Å². The average Bonchev–Trinajstić information content (AvgIpc) is 2.65. The number of amides is 1. The van der Waals surface area contributed by atoms with Gasteiger partial charge in [-0.1, -0.05) is 11.6 Å². The third-order valence-electron chi connectivity index (χ3n) is 3.71. The van der Waals surface area contributed by atoms with Gasteiger partial charge in [0, 0.05) is 22.3 Å². The fourth-order valence-electron chi connectivity index (χ4n) is 2.35. The second kappa shape index (κ2) is 7.84. The molecule has 7 heteroatoms. The molecular formula is C19H16ClN3O3. The van der Waals surface area contributed by atoms with Crippen LogP contribution in [0.4, 0.5) is 5.69 Å². The summed E-state index contributed by atoms with van der Waals surface area (Å²) in [5, 5.41) is 3.29. The minimum Gasteiger partial charge on any atom is -0.497 e. The number of aromatic nitrogens is 2. The molecule has 0 aliphatic heterocycles. The van der Waals surface area contributed by atoms with Gasteiger partial charge in [-0.05, 0) is 48.5 Å². The Kier molecular flexibility index (Phi) is 5.34. The van der Waals surface area contributed by atoms with Crippen LogP contribution in [0.2, 0.25) is 5.02 Å². The fraction of sp³-hybridized carbons (Fsp3) is 0.105. The maximum Gasteiger partial charge on any atom is 0.254 e. The van der Waals surface area contributed by atoms with Crippen molar-refractivity contribution in [2.45, 2.75) is 6.54 Å². The first kappa shape index (κ1) is 17.7. The maximum absolute atomic E-state index is 12.3. The zero-order chi connectivity index (χ0) is 18.5. The van der Waals surface area contributed by atoms with Gasteiger partial charge in [0.15, 0.2) is 0 Å². The van der Waals surface area contributed by atoms with Gasteiger partial charge in [0.25, 0.3) is 5.56 Å². The largest absolute Gasteiger partial charge is 0.497 e. The number of ether oxygens (including phenoxy) is 1. The number of rotatable bonds is 5. The quantitative estimate of drug-likeness (QED) is 0.749. The van der Waals surface area contributed by atoms with E-state index in [0.29, 0.717) is 16.4 Å². The Morgan fingerprint density at radius 3 is 2.46 bits per heavy atom. The minimum absolute atomic E-state index is 0.128. The van der Waals surface area contributed by atoms with Gasteiger partial charge in [-0.3, -0.25) is 14.2 Å². The summed E-state index contributed by atoms with van der Waals surface area (Å²) in [5.74, 6) is 0.398. The molecular weight excluding hydrogens is 354 g/mol. The van der Waals surface area contributed by atoms with Crippen molar-refractivity contribution in [3.05, 3.63) is 76.3 Å². The summed E-state index contributed by atoms with van der Waals surface area (Å²) >= 11 is 5.81. The van der Waals surface area contributed by atoms with Gasteiger partial charge >= 0.3 is 0 Å². The van der Waals surface area contributed by atoms with E-state index in [1.54, 1.807) is 43.5 Å². The second-order valence-corrected chi connectivity index (χ2v) is 5.96. The molecule has 0 radical (unpaired) electrons. The van der Waals surface area contributed by atoms with E-state index in [0.717, 1.165) is 11.3 Å². The number of hydrogen-bond acceptors (Lipinski definition) is 4. The maximum atomic E-state index is 12.3. The molecule has 1 amide bonds. The highest BCUT2D eigenvalue weighted by molar-refractivity contribution is 6.30. The van der Waals surface area contributed by atoms with Gasteiger partial charge in [0.05, 0.1) is 19.1 Å². The fourth-order valence-corrected chi connectivity index (χ4v) is 2.48. The monoisotopic (exact) mass is 369 g/mol. The molecule has 1 heterocycles. The number of carbonyl (C=O) groups is 1. The molecule has 0 saturated carbocycles. The zero-order valence-electron chi connectivity index (χ0n) is 14.0. The molecule has 0 aliphatic carbocycles. The number of methoxy groups -OCH3 is 1. The topological polar surface area (TPSA) is 73.2 Å². The summed E-state index contributed by atoms with van der Waals surface area (Å²) in [6.07, 6.45) is 1.36. The summed E-state index contributed by atoms with van der Waals surface area (Å²) in [4.78, 5) is 28.6. The number of carbonyl (C=O) groups excluding carboxylic acids is 1. The molecule has 0 unspecified atom stereocenters. The normalized spacial score (nSPS) is 10.4. The molecule has 0 atom stereocenters. The number of hydrogen-bond donors (Lipinski definition) is 1. The predicted molar refractivity (Wildman–Crippen MR) is 101 cm³/mol. The SMILES string of the molecule is COc1ccc(-c2cc(=O)n(CC(=O)Nc3ccc(Cl)cc3)cn2)cc1. The molecule has 1 aromatic heterocycles. The van der Waals surface area contributed by atoms with Gasteiger partial charge in [0.1, 0.15) is 12.3 Å². The van der Waals surface area contributed by atoms with Gasteiger partial charge in [-0.15, -0.1) is 0 Å². The number of benzene rings is 2. The van der Waals surface area contributed by atoms with Crippen molar-refractivity contribution in [3.63, 3.8) is 0 Å². The van der Waals surface area contributed by atoms with Crippen molar-refractivity contribution < 1.29 is 9.53 Å². The van der Waals surface area contributed by atoms with Gasteiger partial charge in [0.2, 0.25) is 5.91 Å². The summed E-state index contributed by atoms with van der Waals surface area (Å²) in [5.41, 5.74) is 1.63. The average molecular weight is 370 g/mol. The second-order valence-electron chi connectivity index (χ2n) is 5.52. The van der Waals surface area contributed by atoms with E-state index in [9.17, 15) is 9.59 Å². The van der Waals surface area contributed by atoms with Crippen molar-refractivity contribution in [2.24, 2.45) is 0 Å². The molecule has 2 aromatic carbocycles. The van der Waals surface area contributed by atoms with Crippen LogP contribution in [-0.4, -0.2) is 22.6 Å². The molecule has 0 bridgehead atoms. The first-order chi connectivity index (χ1) is 12.5. The Morgan fingerprint density at radius 2 is 1.85 bits per heavy atom. The molecule has 26 heavy (non-hydrogen) atoms. The van der Waals surface area contributed by atoms with E-state index in [-0.39, 0.29) is 18.0 Å². The number of halogens is 1. The van der Waals surface area contributed by atoms with Crippen molar-refractivity contribution in [1.82, 2.24) is 9.55 Å². The highest BCUT2D eigenvalue weighted by Crippen LogP contribution is 2.19. The van der Waals surface area contributed by atoms with E-state index >= 15 is 0 Å². The van der Waals surface area contributed by atoms with E-state index in [4.69, 9.17) is 16.3 Å². The Balaban J connectivity index is 1.71. The van der Waals surface area contributed by atoms with Crippen LogP contribution in [0.5, 0.6) is 5.75 Å². The lowest BCUT2D eigenvalue weighted by atomic mass is 10.1. The van der Waals surface area contributed by atoms with Crippen LogP contribution in [0.3, 0.4) is 0 Å². The molecule has 6 nitrogen and oxygen atoms in total. The number of anilines is 1. The molecule has 0 spiro atoms. The zero-order valence-corrected chi connectivity index (χ0v) is 14.7. The van der Waals surface area contributed by atoms with E-state index in [1.807, 2.05) is 12.1 Å². The smallest absolute Gasteiger partial charge is 0.254 e. The third-order valence-corrected chi connectivity index (χ3v) is 3.96. The van der Waals surface area contributed by atoms with E-state index in [2.05, 4.69) is 10.3 Å². The van der Waals surface area contributed by atoms with Crippen LogP contribution in [0.15, 0.2) is 65.7 Å². The molecule has 0 saturated heterocycles. The highest BCUT2D eigenvalue weighted by Gasteiger charge is 2.08. The number of nitrogens with zero attached hydrogens (tertiary/aromatic N) is 2. The van der Waals surface area contributed by atoms with Crippen LogP contribution in [0.25, 0.3) is 11.3 Å². The highest BCUT2D eigenvalue weighted by atomic mass is 35.5. The van der Waals surface area contributed by atoms with Gasteiger partial charge in [-0.2, -0.15) is 0 Å². The van der Waals surface area contributed by atoms with Crippen molar-refractivity contribution >= 4 is 23.2 Å². The molecule has 3 rings (SSSR count). The Bertz CT molecular complexity index is 967. The van der Waals surface area contributed by atoms with Crippen LogP contribution in [-0.2, 0) is 11.3 Å².